The first kappa shape index (κ1) is 28.8. The lowest BCUT2D eigenvalue weighted by atomic mass is 9.87. The van der Waals surface area contributed by atoms with Crippen molar-refractivity contribution >= 4 is 40.0 Å². The minimum absolute atomic E-state index is 0.00414. The van der Waals surface area contributed by atoms with Crippen molar-refractivity contribution in [3.05, 3.63) is 77.5 Å². The Morgan fingerprint density at radius 2 is 1.84 bits per heavy atom. The van der Waals surface area contributed by atoms with Crippen molar-refractivity contribution in [1.29, 1.82) is 0 Å². The number of aromatic nitrogens is 2. The van der Waals surface area contributed by atoms with Crippen LogP contribution in [0.3, 0.4) is 0 Å². The first-order valence-electron chi connectivity index (χ1n) is 14.8. The zero-order valence-electron chi connectivity index (χ0n) is 25.2. The molecule has 6 rings (SSSR count). The summed E-state index contributed by atoms with van der Waals surface area (Å²) in [7, 11) is 0. The average molecular weight is 579 g/mol. The van der Waals surface area contributed by atoms with Gasteiger partial charge in [0.25, 0.3) is 5.91 Å². The summed E-state index contributed by atoms with van der Waals surface area (Å²) in [6.07, 6.45) is 1.84. The number of carbonyl (C=O) groups is 2. The van der Waals surface area contributed by atoms with Crippen LogP contribution < -0.4 is 15.5 Å². The molecule has 0 bridgehead atoms. The van der Waals surface area contributed by atoms with E-state index in [0.29, 0.717) is 23.7 Å². The number of ether oxygens (including phenoxy) is 1. The molecule has 3 heterocycles. The van der Waals surface area contributed by atoms with Crippen molar-refractivity contribution in [2.75, 3.05) is 61.5 Å². The molecule has 0 atom stereocenters. The van der Waals surface area contributed by atoms with Gasteiger partial charge in [-0.1, -0.05) is 32.0 Å². The minimum Gasteiger partial charge on any atom is -0.379 e. The molecule has 222 valence electrons. The highest BCUT2D eigenvalue weighted by molar-refractivity contribution is 6.06. The lowest BCUT2D eigenvalue weighted by Crippen LogP contribution is -2.39. The molecule has 9 heteroatoms. The lowest BCUT2D eigenvalue weighted by Gasteiger charge is -2.26. The normalized spacial score (nSPS) is 16.2. The largest absolute Gasteiger partial charge is 0.379 e. The Morgan fingerprint density at radius 3 is 2.63 bits per heavy atom. The van der Waals surface area contributed by atoms with E-state index in [2.05, 4.69) is 40.4 Å². The van der Waals surface area contributed by atoms with Crippen molar-refractivity contribution in [2.24, 2.45) is 0 Å². The number of nitrogens with zero attached hydrogens (tertiary/aromatic N) is 4. The van der Waals surface area contributed by atoms with E-state index in [1.165, 1.54) is 0 Å². The molecule has 9 nitrogen and oxygen atoms in total. The van der Waals surface area contributed by atoms with Crippen LogP contribution in [-0.4, -0.2) is 72.6 Å². The molecule has 2 amide bonds. The van der Waals surface area contributed by atoms with Crippen LogP contribution in [0.4, 0.5) is 17.3 Å². The highest BCUT2D eigenvalue weighted by Gasteiger charge is 2.37. The predicted molar refractivity (Wildman–Crippen MR) is 171 cm³/mol. The van der Waals surface area contributed by atoms with Crippen LogP contribution in [0.2, 0.25) is 0 Å². The molecular weight excluding hydrogens is 540 g/mol. The number of anilines is 3. The van der Waals surface area contributed by atoms with Gasteiger partial charge in [-0.3, -0.25) is 14.5 Å². The topological polar surface area (TPSA) is 99.7 Å². The molecule has 1 fully saturated rings. The fourth-order valence-electron chi connectivity index (χ4n) is 5.97. The molecule has 0 aliphatic carbocycles. The van der Waals surface area contributed by atoms with Gasteiger partial charge in [0.1, 0.15) is 0 Å². The van der Waals surface area contributed by atoms with Gasteiger partial charge in [-0.2, -0.15) is 0 Å². The predicted octanol–water partition coefficient (Wildman–Crippen LogP) is 5.25. The number of rotatable bonds is 7. The second kappa shape index (κ2) is 11.7. The maximum absolute atomic E-state index is 13.4. The molecule has 1 saturated heterocycles. The molecule has 0 unspecified atom stereocenters. The van der Waals surface area contributed by atoms with E-state index in [1.807, 2.05) is 61.7 Å². The van der Waals surface area contributed by atoms with E-state index in [-0.39, 0.29) is 17.2 Å². The molecule has 3 aromatic carbocycles. The van der Waals surface area contributed by atoms with Crippen molar-refractivity contribution in [2.45, 2.75) is 33.1 Å². The SMILES string of the molecule is CC(=O)N1CC(C)(C)c2ccc(NC(=O)c3ccc(C)c(-c4ccc5nc(NCCN6CCOCC6)ncc5c4)c3)cc21. The van der Waals surface area contributed by atoms with Crippen molar-refractivity contribution in [3.8, 4) is 11.1 Å². The van der Waals surface area contributed by atoms with E-state index in [4.69, 9.17) is 9.72 Å². The van der Waals surface area contributed by atoms with E-state index < -0.39 is 0 Å². The summed E-state index contributed by atoms with van der Waals surface area (Å²) in [5, 5.41) is 7.30. The average Bonchev–Trinajstić information content (AvgIpc) is 3.27. The third-order valence-corrected chi connectivity index (χ3v) is 8.41. The summed E-state index contributed by atoms with van der Waals surface area (Å²) in [6, 6.07) is 17.6. The second-order valence-electron chi connectivity index (χ2n) is 12.1. The van der Waals surface area contributed by atoms with Gasteiger partial charge < -0.3 is 20.3 Å². The number of benzene rings is 3. The molecule has 2 aliphatic heterocycles. The van der Waals surface area contributed by atoms with Crippen molar-refractivity contribution in [3.63, 3.8) is 0 Å². The van der Waals surface area contributed by atoms with Gasteiger partial charge in [0.2, 0.25) is 11.9 Å². The molecule has 0 saturated carbocycles. The Morgan fingerprint density at radius 1 is 1.02 bits per heavy atom. The summed E-state index contributed by atoms with van der Waals surface area (Å²) in [5.74, 6) is 0.408. The first-order chi connectivity index (χ1) is 20.7. The third-order valence-electron chi connectivity index (χ3n) is 8.41. The quantitative estimate of drug-likeness (QED) is 0.309. The Kier molecular flexibility index (Phi) is 7.85. The summed E-state index contributed by atoms with van der Waals surface area (Å²) in [6.45, 7) is 13.7. The smallest absolute Gasteiger partial charge is 0.255 e. The van der Waals surface area contributed by atoms with Gasteiger partial charge in [-0.15, -0.1) is 0 Å². The fourth-order valence-corrected chi connectivity index (χ4v) is 5.97. The Hall–Kier alpha value is -4.34. The molecule has 2 N–H and O–H groups in total. The van der Waals surface area contributed by atoms with Crippen LogP contribution in [0.15, 0.2) is 60.8 Å². The second-order valence-corrected chi connectivity index (χ2v) is 12.1. The summed E-state index contributed by atoms with van der Waals surface area (Å²) in [5.41, 5.74) is 6.93. The van der Waals surface area contributed by atoms with Gasteiger partial charge in [-0.05, 0) is 65.6 Å². The van der Waals surface area contributed by atoms with E-state index in [9.17, 15) is 9.59 Å². The van der Waals surface area contributed by atoms with Gasteiger partial charge in [0, 0.05) is 73.6 Å². The number of hydrogen-bond donors (Lipinski definition) is 2. The monoisotopic (exact) mass is 578 g/mol. The van der Waals surface area contributed by atoms with Crippen LogP contribution in [-0.2, 0) is 14.9 Å². The zero-order valence-corrected chi connectivity index (χ0v) is 25.2. The summed E-state index contributed by atoms with van der Waals surface area (Å²) >= 11 is 0. The maximum atomic E-state index is 13.4. The number of nitrogens with one attached hydrogen (secondary N) is 2. The third kappa shape index (κ3) is 6.09. The Balaban J connectivity index is 1.17. The molecule has 2 aliphatic rings. The molecule has 0 spiro atoms. The standard InChI is InChI=1S/C34H38N6O3/c1-22-5-6-25(32(42)37-27-8-9-29-31(19-27)40(23(2)41)21-34(29,3)4)18-28(22)24-7-10-30-26(17-24)20-36-33(38-30)35-11-12-39-13-15-43-16-14-39/h5-10,17-20H,11-16,21H2,1-4H3,(H,37,42)(H,35,36,38). The number of amides is 2. The van der Waals surface area contributed by atoms with Gasteiger partial charge in [0.05, 0.1) is 18.7 Å². The van der Waals surface area contributed by atoms with E-state index >= 15 is 0 Å². The zero-order chi connectivity index (χ0) is 30.1. The first-order valence-corrected chi connectivity index (χ1v) is 14.8. The molecule has 0 radical (unpaired) electrons. The number of morpholine rings is 1. The Bertz CT molecular complexity index is 1700. The van der Waals surface area contributed by atoms with Gasteiger partial charge in [0.15, 0.2) is 0 Å². The van der Waals surface area contributed by atoms with Crippen LogP contribution in [0.25, 0.3) is 22.0 Å². The minimum atomic E-state index is -0.204. The highest BCUT2D eigenvalue weighted by atomic mass is 16.5. The van der Waals surface area contributed by atoms with E-state index in [1.54, 1.807) is 11.8 Å². The fraction of sp³-hybridized carbons (Fsp3) is 0.353. The Labute approximate surface area is 252 Å². The van der Waals surface area contributed by atoms with Crippen LogP contribution >= 0.6 is 0 Å². The van der Waals surface area contributed by atoms with Gasteiger partial charge in [-0.25, -0.2) is 9.97 Å². The molecular formula is C34H38N6O3. The maximum Gasteiger partial charge on any atom is 0.255 e. The molecule has 4 aromatic rings. The number of hydrogen-bond acceptors (Lipinski definition) is 7. The van der Waals surface area contributed by atoms with Gasteiger partial charge >= 0.3 is 0 Å². The van der Waals surface area contributed by atoms with Crippen LogP contribution in [0.5, 0.6) is 0 Å². The number of aryl methyl sites for hydroxylation is 1. The summed E-state index contributed by atoms with van der Waals surface area (Å²) in [4.78, 5) is 39.0. The summed E-state index contributed by atoms with van der Waals surface area (Å²) < 4.78 is 5.41. The molecule has 1 aromatic heterocycles. The number of carbonyl (C=O) groups excluding carboxylic acids is 2. The van der Waals surface area contributed by atoms with Crippen LogP contribution in [0, 0.1) is 6.92 Å². The van der Waals surface area contributed by atoms with Crippen molar-refractivity contribution < 1.29 is 14.3 Å². The number of fused-ring (bicyclic) bond motifs is 2. The van der Waals surface area contributed by atoms with Crippen LogP contribution in [0.1, 0.15) is 42.3 Å². The lowest BCUT2D eigenvalue weighted by molar-refractivity contribution is -0.116. The van der Waals surface area contributed by atoms with E-state index in [0.717, 1.165) is 78.2 Å². The van der Waals surface area contributed by atoms with Crippen molar-refractivity contribution in [1.82, 2.24) is 14.9 Å². The molecule has 43 heavy (non-hydrogen) atoms. The highest BCUT2D eigenvalue weighted by Crippen LogP contribution is 2.42.